The highest BCUT2D eigenvalue weighted by Gasteiger charge is 2.15. The number of rotatable bonds is 8. The van der Waals surface area contributed by atoms with Gasteiger partial charge in [-0.15, -0.1) is 0 Å². The Morgan fingerprint density at radius 1 is 0.879 bits per heavy atom. The predicted octanol–water partition coefficient (Wildman–Crippen LogP) is 6.15. The van der Waals surface area contributed by atoms with Gasteiger partial charge in [0.05, 0.1) is 0 Å². The maximum atomic E-state index is 12.0. The van der Waals surface area contributed by atoms with Gasteiger partial charge in [0, 0.05) is 43.9 Å². The molecule has 0 aliphatic carbocycles. The maximum Gasteiger partial charge on any atom is 0.407 e. The number of nitrogens with zero attached hydrogens (tertiary/aromatic N) is 1. The number of anilines is 1. The number of ether oxygens (including phenoxy) is 1. The van der Waals surface area contributed by atoms with E-state index in [1.165, 1.54) is 0 Å². The van der Waals surface area contributed by atoms with Gasteiger partial charge in [-0.3, -0.25) is 0 Å². The van der Waals surface area contributed by atoms with E-state index in [-0.39, 0.29) is 6.61 Å². The largest absolute Gasteiger partial charge is 0.460 e. The minimum Gasteiger partial charge on any atom is -0.460 e. The monoisotopic (exact) mass is 440 g/mol. The van der Waals surface area contributed by atoms with Gasteiger partial charge >= 0.3 is 6.09 Å². The number of alkyl carbamates (subject to hydrolysis) is 1. The molecule has 1 amide bonds. The molecule has 4 rings (SSSR count). The van der Waals surface area contributed by atoms with Crippen LogP contribution in [-0.2, 0) is 17.8 Å². The van der Waals surface area contributed by atoms with Gasteiger partial charge in [0.25, 0.3) is 0 Å². The third kappa shape index (κ3) is 5.83. The van der Waals surface area contributed by atoms with Gasteiger partial charge in [0.1, 0.15) is 18.1 Å². The van der Waals surface area contributed by atoms with Gasteiger partial charge in [-0.05, 0) is 29.3 Å². The molecule has 168 valence electrons. The standard InChI is InChI=1S/C28H28N2O3/c1-30(2)24-15-13-22(14-16-24)26-19-25(33-27(26)23-11-7-4-8-12-23)17-18-29-28(31)32-20-21-9-5-3-6-10-21/h3-16,19H,17-18,20H2,1-2H3,(H,29,31). The van der Waals surface area contributed by atoms with Crippen LogP contribution in [-0.4, -0.2) is 26.7 Å². The van der Waals surface area contributed by atoms with Gasteiger partial charge in [-0.25, -0.2) is 4.79 Å². The number of furan rings is 1. The fourth-order valence-corrected chi connectivity index (χ4v) is 3.58. The Kier molecular flexibility index (Phi) is 7.10. The molecule has 0 saturated heterocycles. The van der Waals surface area contributed by atoms with Crippen molar-refractivity contribution in [1.82, 2.24) is 5.32 Å². The molecule has 3 aromatic carbocycles. The summed E-state index contributed by atoms with van der Waals surface area (Å²) in [6.45, 7) is 0.674. The summed E-state index contributed by atoms with van der Waals surface area (Å²) in [6, 6.07) is 30.2. The van der Waals surface area contributed by atoms with Crippen molar-refractivity contribution in [3.8, 4) is 22.5 Å². The molecule has 33 heavy (non-hydrogen) atoms. The molecular formula is C28H28N2O3. The van der Waals surface area contributed by atoms with Crippen LogP contribution in [0.15, 0.2) is 95.4 Å². The van der Waals surface area contributed by atoms with Crippen molar-refractivity contribution in [2.45, 2.75) is 13.0 Å². The Bertz CT molecular complexity index is 1170. The molecule has 0 bridgehead atoms. The SMILES string of the molecule is CN(C)c1ccc(-c2cc(CCNC(=O)OCc3ccccc3)oc2-c2ccccc2)cc1. The van der Waals surface area contributed by atoms with Crippen molar-refractivity contribution in [1.29, 1.82) is 0 Å². The quantitative estimate of drug-likeness (QED) is 0.357. The molecule has 4 aromatic rings. The Hall–Kier alpha value is -3.99. The summed E-state index contributed by atoms with van der Waals surface area (Å²) >= 11 is 0. The first-order valence-electron chi connectivity index (χ1n) is 11.0. The van der Waals surface area contributed by atoms with E-state index < -0.39 is 6.09 Å². The molecule has 0 aliphatic heterocycles. The summed E-state index contributed by atoms with van der Waals surface area (Å²) < 4.78 is 11.5. The van der Waals surface area contributed by atoms with Crippen molar-refractivity contribution in [3.05, 3.63) is 102 Å². The molecule has 5 nitrogen and oxygen atoms in total. The smallest absolute Gasteiger partial charge is 0.407 e. The highest BCUT2D eigenvalue weighted by atomic mass is 16.5. The molecular weight excluding hydrogens is 412 g/mol. The third-order valence-corrected chi connectivity index (χ3v) is 5.37. The highest BCUT2D eigenvalue weighted by Crippen LogP contribution is 2.36. The molecule has 1 aromatic heterocycles. The molecule has 0 aliphatic rings. The Morgan fingerprint density at radius 3 is 2.21 bits per heavy atom. The number of benzene rings is 3. The van der Waals surface area contributed by atoms with Gasteiger partial charge in [-0.1, -0.05) is 72.8 Å². The molecule has 5 heteroatoms. The van der Waals surface area contributed by atoms with Crippen LogP contribution in [0.3, 0.4) is 0 Å². The van der Waals surface area contributed by atoms with Crippen LogP contribution in [0, 0.1) is 0 Å². The fraction of sp³-hybridized carbons (Fsp3) is 0.179. The average molecular weight is 441 g/mol. The number of carbonyl (C=O) groups is 1. The molecule has 0 atom stereocenters. The van der Waals surface area contributed by atoms with Crippen molar-refractivity contribution < 1.29 is 13.9 Å². The van der Waals surface area contributed by atoms with E-state index in [1.807, 2.05) is 74.8 Å². The molecule has 0 unspecified atom stereocenters. The molecule has 0 radical (unpaired) electrons. The average Bonchev–Trinajstić information content (AvgIpc) is 3.28. The van der Waals surface area contributed by atoms with Crippen LogP contribution in [0.2, 0.25) is 0 Å². The Morgan fingerprint density at radius 2 is 1.55 bits per heavy atom. The van der Waals surface area contributed by atoms with Crippen LogP contribution in [0.25, 0.3) is 22.5 Å². The van der Waals surface area contributed by atoms with E-state index in [1.54, 1.807) is 0 Å². The number of amides is 1. The van der Waals surface area contributed by atoms with Crippen molar-refractivity contribution in [2.75, 3.05) is 25.5 Å². The van der Waals surface area contributed by atoms with Gasteiger partial charge < -0.3 is 19.4 Å². The van der Waals surface area contributed by atoms with Crippen LogP contribution in [0.5, 0.6) is 0 Å². The predicted molar refractivity (Wildman–Crippen MR) is 132 cm³/mol. The Labute approximate surface area is 194 Å². The number of nitrogens with one attached hydrogen (secondary N) is 1. The number of hydrogen-bond donors (Lipinski definition) is 1. The topological polar surface area (TPSA) is 54.7 Å². The zero-order valence-electron chi connectivity index (χ0n) is 19.0. The van der Waals surface area contributed by atoms with E-state index in [9.17, 15) is 4.79 Å². The lowest BCUT2D eigenvalue weighted by molar-refractivity contribution is 0.139. The number of carbonyl (C=O) groups excluding carboxylic acids is 1. The van der Waals surface area contributed by atoms with Crippen LogP contribution in [0.4, 0.5) is 10.5 Å². The summed E-state index contributed by atoms with van der Waals surface area (Å²) in [4.78, 5) is 14.1. The molecule has 1 heterocycles. The summed E-state index contributed by atoms with van der Waals surface area (Å²) in [5, 5.41) is 2.80. The second kappa shape index (κ2) is 10.6. The van der Waals surface area contributed by atoms with Crippen LogP contribution < -0.4 is 10.2 Å². The summed E-state index contributed by atoms with van der Waals surface area (Å²) in [5.41, 5.74) is 5.24. The third-order valence-electron chi connectivity index (χ3n) is 5.37. The van der Waals surface area contributed by atoms with E-state index >= 15 is 0 Å². The molecule has 0 saturated carbocycles. The van der Waals surface area contributed by atoms with E-state index in [0.29, 0.717) is 13.0 Å². The first-order chi connectivity index (χ1) is 16.1. The molecule has 0 spiro atoms. The van der Waals surface area contributed by atoms with Crippen molar-refractivity contribution in [3.63, 3.8) is 0 Å². The van der Waals surface area contributed by atoms with Crippen LogP contribution in [0.1, 0.15) is 11.3 Å². The lowest BCUT2D eigenvalue weighted by Crippen LogP contribution is -2.26. The molecule has 0 fully saturated rings. The van der Waals surface area contributed by atoms with Gasteiger partial charge in [-0.2, -0.15) is 0 Å². The lowest BCUT2D eigenvalue weighted by atomic mass is 10.0. The second-order valence-electron chi connectivity index (χ2n) is 8.00. The van der Waals surface area contributed by atoms with Crippen molar-refractivity contribution >= 4 is 11.8 Å². The van der Waals surface area contributed by atoms with E-state index in [0.717, 1.165) is 39.5 Å². The number of hydrogen-bond acceptors (Lipinski definition) is 4. The van der Waals surface area contributed by atoms with Crippen LogP contribution >= 0.6 is 0 Å². The summed E-state index contributed by atoms with van der Waals surface area (Å²) in [6.07, 6.45) is 0.129. The fourth-order valence-electron chi connectivity index (χ4n) is 3.58. The van der Waals surface area contributed by atoms with Gasteiger partial charge in [0.2, 0.25) is 0 Å². The lowest BCUT2D eigenvalue weighted by Gasteiger charge is -2.12. The minimum absolute atomic E-state index is 0.249. The first-order valence-corrected chi connectivity index (χ1v) is 11.0. The van der Waals surface area contributed by atoms with Gasteiger partial charge in [0.15, 0.2) is 0 Å². The first kappa shape index (κ1) is 22.2. The highest BCUT2D eigenvalue weighted by molar-refractivity contribution is 5.81. The zero-order chi connectivity index (χ0) is 23.0. The van der Waals surface area contributed by atoms with Crippen molar-refractivity contribution in [2.24, 2.45) is 0 Å². The molecule has 1 N–H and O–H groups in total. The minimum atomic E-state index is -0.437. The summed E-state index contributed by atoms with van der Waals surface area (Å²) in [5.74, 6) is 1.64. The van der Waals surface area contributed by atoms with E-state index in [2.05, 4.69) is 40.5 Å². The zero-order valence-corrected chi connectivity index (χ0v) is 19.0. The van der Waals surface area contributed by atoms with E-state index in [4.69, 9.17) is 9.15 Å². The second-order valence-corrected chi connectivity index (χ2v) is 8.00. The Balaban J connectivity index is 1.44. The summed E-state index contributed by atoms with van der Waals surface area (Å²) in [7, 11) is 4.05. The normalized spacial score (nSPS) is 10.6. The maximum absolute atomic E-state index is 12.0.